The van der Waals surface area contributed by atoms with Crippen LogP contribution in [0.2, 0.25) is 0 Å². The Hall–Kier alpha value is -3.83. The second-order valence-electron chi connectivity index (χ2n) is 8.73. The first-order chi connectivity index (χ1) is 17.7. The third-order valence-electron chi connectivity index (χ3n) is 5.92. The molecule has 3 rings (SSSR count). The number of rotatable bonds is 12. The van der Waals surface area contributed by atoms with Gasteiger partial charge in [-0.25, -0.2) is 4.79 Å². The molecule has 0 aliphatic rings. The Morgan fingerprint density at radius 1 is 0.892 bits per heavy atom. The van der Waals surface area contributed by atoms with E-state index in [1.165, 1.54) is 6.92 Å². The molecule has 0 spiro atoms. The smallest absolute Gasteiger partial charge is 0.326 e. The Kier molecular flexibility index (Phi) is 9.70. The molecular weight excluding hydrogens is 494 g/mol. The average Bonchev–Trinajstić information content (AvgIpc) is 3.29. The van der Waals surface area contributed by atoms with Gasteiger partial charge in [-0.05, 0) is 30.5 Å². The summed E-state index contributed by atoms with van der Waals surface area (Å²) < 4.78 is 0. The number of aliphatic carboxylic acids is 1. The molecule has 37 heavy (non-hydrogen) atoms. The molecule has 3 aromatic rings. The summed E-state index contributed by atoms with van der Waals surface area (Å²) in [5.41, 5.74) is 8.46. The summed E-state index contributed by atoms with van der Waals surface area (Å²) in [6.45, 7) is 1.43. The SMILES string of the molecule is CC(NC(=O)C(CS)NC(=O)C(N)Cc1ccccc1)C(=O)NC(Cc1c[nH]c2ccccc12)C(=O)O. The highest BCUT2D eigenvalue weighted by atomic mass is 32.1. The summed E-state index contributed by atoms with van der Waals surface area (Å²) in [5, 5.41) is 18.1. The molecule has 0 saturated heterocycles. The first kappa shape index (κ1) is 27.8. The second-order valence-corrected chi connectivity index (χ2v) is 9.10. The van der Waals surface area contributed by atoms with Crippen molar-refractivity contribution in [2.24, 2.45) is 5.73 Å². The minimum atomic E-state index is -1.21. The highest BCUT2D eigenvalue weighted by Crippen LogP contribution is 2.19. The molecule has 0 radical (unpaired) electrons. The number of thiol groups is 1. The van der Waals surface area contributed by atoms with Gasteiger partial charge in [0, 0.05) is 29.3 Å². The van der Waals surface area contributed by atoms with Gasteiger partial charge in [-0.1, -0.05) is 48.5 Å². The molecular formula is C26H31N5O5S. The maximum absolute atomic E-state index is 12.7. The van der Waals surface area contributed by atoms with E-state index in [1.807, 2.05) is 54.6 Å². The highest BCUT2D eigenvalue weighted by molar-refractivity contribution is 7.80. The number of aromatic nitrogens is 1. The van der Waals surface area contributed by atoms with E-state index >= 15 is 0 Å². The van der Waals surface area contributed by atoms with Crippen molar-refractivity contribution in [2.75, 3.05) is 5.75 Å². The van der Waals surface area contributed by atoms with Crippen molar-refractivity contribution in [2.45, 2.75) is 43.9 Å². The van der Waals surface area contributed by atoms with Gasteiger partial charge in [0.2, 0.25) is 17.7 Å². The van der Waals surface area contributed by atoms with E-state index in [0.717, 1.165) is 22.0 Å². The van der Waals surface area contributed by atoms with Crippen LogP contribution < -0.4 is 21.7 Å². The second kappa shape index (κ2) is 12.9. The number of H-pyrrole nitrogens is 1. The molecule has 10 nitrogen and oxygen atoms in total. The zero-order chi connectivity index (χ0) is 26.9. The number of carbonyl (C=O) groups is 4. The fourth-order valence-electron chi connectivity index (χ4n) is 3.83. The average molecular weight is 526 g/mol. The monoisotopic (exact) mass is 525 g/mol. The standard InChI is InChI=1S/C26H31N5O5S/c1-15(23(32)30-21(26(35)36)12-17-13-28-20-10-6-5-9-18(17)20)29-25(34)22(14-37)31-24(33)19(27)11-16-7-3-2-4-8-16/h2-10,13,15,19,21-22,28,37H,11-12,14,27H2,1H3,(H,29,34)(H,30,32)(H,31,33)(H,35,36). The number of carboxylic acid groups (broad SMARTS) is 1. The topological polar surface area (TPSA) is 166 Å². The maximum Gasteiger partial charge on any atom is 0.326 e. The number of fused-ring (bicyclic) bond motifs is 1. The van der Waals surface area contributed by atoms with Crippen LogP contribution in [0.1, 0.15) is 18.1 Å². The number of carboxylic acids is 1. The van der Waals surface area contributed by atoms with Crippen LogP contribution in [0.25, 0.3) is 10.9 Å². The first-order valence-corrected chi connectivity index (χ1v) is 12.4. The van der Waals surface area contributed by atoms with Gasteiger partial charge < -0.3 is 31.8 Å². The lowest BCUT2D eigenvalue weighted by atomic mass is 10.0. The van der Waals surface area contributed by atoms with Gasteiger partial charge in [-0.2, -0.15) is 12.6 Å². The zero-order valence-corrected chi connectivity index (χ0v) is 21.2. The van der Waals surface area contributed by atoms with Crippen LogP contribution in [-0.4, -0.2) is 63.7 Å². The molecule has 2 aromatic carbocycles. The molecule has 196 valence electrons. The Balaban J connectivity index is 1.55. The number of amides is 3. The predicted octanol–water partition coefficient (Wildman–Crippen LogP) is 0.769. The number of aromatic amines is 1. The molecule has 4 atom stereocenters. The van der Waals surface area contributed by atoms with Gasteiger partial charge in [-0.3, -0.25) is 14.4 Å². The van der Waals surface area contributed by atoms with Crippen molar-refractivity contribution in [3.63, 3.8) is 0 Å². The van der Waals surface area contributed by atoms with Crippen LogP contribution in [0.15, 0.2) is 60.8 Å². The number of hydrogen-bond donors (Lipinski definition) is 7. The Morgan fingerprint density at radius 3 is 2.22 bits per heavy atom. The molecule has 0 aliphatic heterocycles. The summed E-state index contributed by atoms with van der Waals surface area (Å²) in [6, 6.07) is 12.5. The molecule has 0 fully saturated rings. The minimum Gasteiger partial charge on any atom is -0.480 e. The lowest BCUT2D eigenvalue weighted by Gasteiger charge is -2.22. The van der Waals surface area contributed by atoms with Crippen LogP contribution in [0.5, 0.6) is 0 Å². The molecule has 0 saturated carbocycles. The number of nitrogens with two attached hydrogens (primary N) is 1. The predicted molar refractivity (Wildman–Crippen MR) is 143 cm³/mol. The Bertz CT molecular complexity index is 1250. The van der Waals surface area contributed by atoms with Gasteiger partial charge in [0.15, 0.2) is 0 Å². The van der Waals surface area contributed by atoms with Crippen molar-refractivity contribution < 1.29 is 24.3 Å². The molecule has 0 aliphatic carbocycles. The summed E-state index contributed by atoms with van der Waals surface area (Å²) in [4.78, 5) is 52.8. The van der Waals surface area contributed by atoms with Crippen molar-refractivity contribution in [3.8, 4) is 0 Å². The summed E-state index contributed by atoms with van der Waals surface area (Å²) in [6.07, 6.45) is 2.06. The first-order valence-electron chi connectivity index (χ1n) is 11.8. The lowest BCUT2D eigenvalue weighted by Crippen LogP contribution is -2.57. The van der Waals surface area contributed by atoms with Crippen LogP contribution in [0.3, 0.4) is 0 Å². The fraction of sp³-hybridized carbons (Fsp3) is 0.308. The van der Waals surface area contributed by atoms with E-state index in [2.05, 4.69) is 33.6 Å². The zero-order valence-electron chi connectivity index (χ0n) is 20.3. The molecule has 3 amide bonds. The van der Waals surface area contributed by atoms with Crippen LogP contribution >= 0.6 is 12.6 Å². The molecule has 4 unspecified atom stereocenters. The molecule has 0 bridgehead atoms. The lowest BCUT2D eigenvalue weighted by molar-refractivity contribution is -0.142. The van der Waals surface area contributed by atoms with Gasteiger partial charge in [-0.15, -0.1) is 0 Å². The summed E-state index contributed by atoms with van der Waals surface area (Å²) >= 11 is 4.13. The van der Waals surface area contributed by atoms with Crippen molar-refractivity contribution in [3.05, 3.63) is 71.9 Å². The van der Waals surface area contributed by atoms with Crippen LogP contribution in [0.4, 0.5) is 0 Å². The highest BCUT2D eigenvalue weighted by Gasteiger charge is 2.28. The molecule has 1 aromatic heterocycles. The van der Waals surface area contributed by atoms with Gasteiger partial charge in [0.1, 0.15) is 18.1 Å². The van der Waals surface area contributed by atoms with E-state index in [-0.39, 0.29) is 12.2 Å². The number of carbonyl (C=O) groups excluding carboxylic acids is 3. The van der Waals surface area contributed by atoms with Crippen LogP contribution in [-0.2, 0) is 32.0 Å². The largest absolute Gasteiger partial charge is 0.480 e. The van der Waals surface area contributed by atoms with Crippen LogP contribution in [0, 0.1) is 0 Å². The maximum atomic E-state index is 12.7. The van der Waals surface area contributed by atoms with Gasteiger partial charge in [0.25, 0.3) is 0 Å². The van der Waals surface area contributed by atoms with E-state index in [4.69, 9.17) is 5.73 Å². The van der Waals surface area contributed by atoms with Gasteiger partial charge >= 0.3 is 5.97 Å². The number of para-hydroxylation sites is 1. The third-order valence-corrected chi connectivity index (χ3v) is 6.28. The quantitative estimate of drug-likeness (QED) is 0.173. The van der Waals surface area contributed by atoms with Crippen molar-refractivity contribution in [1.82, 2.24) is 20.9 Å². The van der Waals surface area contributed by atoms with E-state index in [1.54, 1.807) is 6.20 Å². The minimum absolute atomic E-state index is 0.0255. The number of hydrogen-bond acceptors (Lipinski definition) is 6. The normalized spacial score (nSPS) is 14.2. The molecule has 1 heterocycles. The Labute approximate surface area is 219 Å². The molecule has 11 heteroatoms. The number of benzene rings is 2. The molecule has 7 N–H and O–H groups in total. The third kappa shape index (κ3) is 7.58. The Morgan fingerprint density at radius 2 is 1.54 bits per heavy atom. The van der Waals surface area contributed by atoms with Crippen molar-refractivity contribution >= 4 is 47.2 Å². The fourth-order valence-corrected chi connectivity index (χ4v) is 4.09. The van der Waals surface area contributed by atoms with E-state index in [0.29, 0.717) is 6.42 Å². The van der Waals surface area contributed by atoms with E-state index in [9.17, 15) is 24.3 Å². The summed E-state index contributed by atoms with van der Waals surface area (Å²) in [5.74, 6) is -3.07. The number of nitrogens with one attached hydrogen (secondary N) is 4. The summed E-state index contributed by atoms with van der Waals surface area (Å²) in [7, 11) is 0. The van der Waals surface area contributed by atoms with Crippen molar-refractivity contribution in [1.29, 1.82) is 0 Å². The van der Waals surface area contributed by atoms with Gasteiger partial charge in [0.05, 0.1) is 6.04 Å². The van der Waals surface area contributed by atoms with E-state index < -0.39 is 47.9 Å².